The topological polar surface area (TPSA) is 55.4 Å². The van der Waals surface area contributed by atoms with E-state index in [2.05, 4.69) is 5.32 Å². The van der Waals surface area contributed by atoms with Crippen molar-refractivity contribution in [3.63, 3.8) is 0 Å². The van der Waals surface area contributed by atoms with Crippen LogP contribution in [0.4, 0.5) is 5.69 Å². The van der Waals surface area contributed by atoms with Crippen molar-refractivity contribution in [3.8, 4) is 0 Å². The third kappa shape index (κ3) is 4.02. The van der Waals surface area contributed by atoms with Crippen molar-refractivity contribution < 1.29 is 14.3 Å². The molecule has 2 rings (SSSR count). The number of nitrogens with one attached hydrogen (secondary N) is 1. The number of aryl methyl sites for hydroxylation is 4. The Morgan fingerprint density at radius 2 is 1.54 bits per heavy atom. The molecule has 0 bridgehead atoms. The van der Waals surface area contributed by atoms with E-state index in [-0.39, 0.29) is 5.91 Å². The van der Waals surface area contributed by atoms with Gasteiger partial charge in [-0.25, -0.2) is 4.79 Å². The number of ether oxygens (including phenoxy) is 1. The summed E-state index contributed by atoms with van der Waals surface area (Å²) in [5, 5.41) is 2.86. The minimum absolute atomic E-state index is 0.341. The van der Waals surface area contributed by atoms with E-state index in [4.69, 9.17) is 4.74 Å². The summed E-state index contributed by atoms with van der Waals surface area (Å²) in [6.07, 6.45) is -0.878. The van der Waals surface area contributed by atoms with Gasteiger partial charge in [-0.05, 0) is 57.4 Å². The maximum Gasteiger partial charge on any atom is 0.339 e. The van der Waals surface area contributed by atoms with Crippen molar-refractivity contribution in [2.45, 2.75) is 40.7 Å². The summed E-state index contributed by atoms with van der Waals surface area (Å²) in [5.41, 5.74) is 5.17. The number of amides is 1. The fraction of sp³-hybridized carbons (Fsp3) is 0.300. The van der Waals surface area contributed by atoms with E-state index in [1.165, 1.54) is 0 Å². The summed E-state index contributed by atoms with van der Waals surface area (Å²) in [6, 6.07) is 11.2. The molecule has 4 heteroatoms. The van der Waals surface area contributed by atoms with Crippen LogP contribution in [0.2, 0.25) is 0 Å². The highest BCUT2D eigenvalue weighted by atomic mass is 16.5. The van der Waals surface area contributed by atoms with Crippen molar-refractivity contribution in [3.05, 3.63) is 64.2 Å². The molecule has 0 spiro atoms. The second-order valence-corrected chi connectivity index (χ2v) is 6.13. The predicted octanol–water partition coefficient (Wildman–Crippen LogP) is 4.10. The molecule has 2 aromatic rings. The molecule has 0 aliphatic carbocycles. The van der Waals surface area contributed by atoms with Crippen molar-refractivity contribution in [1.29, 1.82) is 0 Å². The summed E-state index contributed by atoms with van der Waals surface area (Å²) in [4.78, 5) is 24.6. The van der Waals surface area contributed by atoms with E-state index < -0.39 is 12.1 Å². The summed E-state index contributed by atoms with van der Waals surface area (Å²) in [7, 11) is 0. The molecule has 0 saturated carbocycles. The lowest BCUT2D eigenvalue weighted by atomic mass is 10.0. The molecular formula is C20H23NO3. The minimum Gasteiger partial charge on any atom is -0.449 e. The largest absolute Gasteiger partial charge is 0.449 e. The van der Waals surface area contributed by atoms with Gasteiger partial charge in [0, 0.05) is 5.69 Å². The molecule has 0 radical (unpaired) electrons. The third-order valence-electron chi connectivity index (χ3n) is 3.94. The zero-order valence-electron chi connectivity index (χ0n) is 14.8. The Morgan fingerprint density at radius 1 is 0.958 bits per heavy atom. The van der Waals surface area contributed by atoms with Gasteiger partial charge >= 0.3 is 5.97 Å². The molecule has 1 N–H and O–H groups in total. The molecule has 4 nitrogen and oxygen atoms in total. The van der Waals surface area contributed by atoms with E-state index >= 15 is 0 Å². The van der Waals surface area contributed by atoms with Crippen molar-refractivity contribution in [1.82, 2.24) is 0 Å². The fourth-order valence-electron chi connectivity index (χ4n) is 2.68. The molecule has 1 unspecified atom stereocenters. The van der Waals surface area contributed by atoms with Crippen LogP contribution in [0.25, 0.3) is 0 Å². The van der Waals surface area contributed by atoms with E-state index in [0.717, 1.165) is 27.9 Å². The summed E-state index contributed by atoms with van der Waals surface area (Å²) < 4.78 is 5.30. The Labute approximate surface area is 142 Å². The van der Waals surface area contributed by atoms with Crippen LogP contribution < -0.4 is 5.32 Å². The Morgan fingerprint density at radius 3 is 2.12 bits per heavy atom. The van der Waals surface area contributed by atoms with Gasteiger partial charge in [-0.15, -0.1) is 0 Å². The third-order valence-corrected chi connectivity index (χ3v) is 3.94. The molecule has 1 amide bonds. The van der Waals surface area contributed by atoms with E-state index in [1.807, 2.05) is 52.0 Å². The number of benzene rings is 2. The number of carbonyl (C=O) groups excluding carboxylic acids is 2. The monoisotopic (exact) mass is 325 g/mol. The summed E-state index contributed by atoms with van der Waals surface area (Å²) in [6.45, 7) is 9.31. The first kappa shape index (κ1) is 17.7. The number of anilines is 1. The van der Waals surface area contributed by atoms with Gasteiger partial charge in [0.25, 0.3) is 5.91 Å². The Balaban J connectivity index is 2.08. The average Bonchev–Trinajstić information content (AvgIpc) is 2.50. The van der Waals surface area contributed by atoms with Gasteiger partial charge in [-0.2, -0.15) is 0 Å². The van der Waals surface area contributed by atoms with Crippen molar-refractivity contribution in [2.75, 3.05) is 5.32 Å². The molecule has 0 saturated heterocycles. The second kappa shape index (κ2) is 7.30. The SMILES string of the molecule is Cc1cc(C)c(NC(=O)C(C)OC(=O)c2ccccc2C)c(C)c1. The van der Waals surface area contributed by atoms with Gasteiger partial charge < -0.3 is 10.1 Å². The number of hydrogen-bond acceptors (Lipinski definition) is 3. The van der Waals surface area contributed by atoms with Crippen LogP contribution in [-0.4, -0.2) is 18.0 Å². The van der Waals surface area contributed by atoms with Crippen LogP contribution in [0.5, 0.6) is 0 Å². The van der Waals surface area contributed by atoms with Gasteiger partial charge in [0.05, 0.1) is 5.56 Å². The molecular weight excluding hydrogens is 302 g/mol. The zero-order valence-corrected chi connectivity index (χ0v) is 14.8. The first-order valence-electron chi connectivity index (χ1n) is 7.95. The predicted molar refractivity (Wildman–Crippen MR) is 95.3 cm³/mol. The molecule has 0 heterocycles. The van der Waals surface area contributed by atoms with Crippen LogP contribution in [0.3, 0.4) is 0 Å². The van der Waals surface area contributed by atoms with Crippen molar-refractivity contribution >= 4 is 17.6 Å². The van der Waals surface area contributed by atoms with E-state index in [0.29, 0.717) is 5.56 Å². The maximum absolute atomic E-state index is 12.4. The molecule has 0 fully saturated rings. The van der Waals surface area contributed by atoms with E-state index in [9.17, 15) is 9.59 Å². The molecule has 2 aromatic carbocycles. The van der Waals surface area contributed by atoms with E-state index in [1.54, 1.807) is 19.1 Å². The number of rotatable bonds is 4. The summed E-state index contributed by atoms with van der Waals surface area (Å²) in [5.74, 6) is -0.833. The lowest BCUT2D eigenvalue weighted by molar-refractivity contribution is -0.123. The standard InChI is InChI=1S/C20H23NO3/c1-12-10-14(3)18(15(4)11-12)21-19(22)16(5)24-20(23)17-9-7-6-8-13(17)2/h6-11,16H,1-5H3,(H,21,22). The highest BCUT2D eigenvalue weighted by Gasteiger charge is 2.21. The minimum atomic E-state index is -0.878. The van der Waals surface area contributed by atoms with Gasteiger partial charge in [0.2, 0.25) is 0 Å². The molecule has 24 heavy (non-hydrogen) atoms. The smallest absolute Gasteiger partial charge is 0.339 e. The number of hydrogen-bond donors (Lipinski definition) is 1. The first-order chi connectivity index (χ1) is 11.3. The average molecular weight is 325 g/mol. The normalized spacial score (nSPS) is 11.7. The molecule has 0 aliphatic heterocycles. The van der Waals surface area contributed by atoms with Crippen LogP contribution >= 0.6 is 0 Å². The number of esters is 1. The lowest BCUT2D eigenvalue weighted by Crippen LogP contribution is -2.30. The van der Waals surface area contributed by atoms with Gasteiger partial charge in [-0.1, -0.05) is 35.9 Å². The summed E-state index contributed by atoms with van der Waals surface area (Å²) >= 11 is 0. The fourth-order valence-corrected chi connectivity index (χ4v) is 2.68. The number of carbonyl (C=O) groups is 2. The molecule has 0 aliphatic rings. The maximum atomic E-state index is 12.4. The molecule has 126 valence electrons. The second-order valence-electron chi connectivity index (χ2n) is 6.13. The Bertz CT molecular complexity index is 757. The van der Waals surface area contributed by atoms with Crippen molar-refractivity contribution in [2.24, 2.45) is 0 Å². The quantitative estimate of drug-likeness (QED) is 0.861. The van der Waals surface area contributed by atoms with Gasteiger partial charge in [0.15, 0.2) is 6.10 Å². The van der Waals surface area contributed by atoms with Crippen LogP contribution in [0.15, 0.2) is 36.4 Å². The van der Waals surface area contributed by atoms with Gasteiger partial charge in [-0.3, -0.25) is 4.79 Å². The highest BCUT2D eigenvalue weighted by Crippen LogP contribution is 2.22. The van der Waals surface area contributed by atoms with Crippen LogP contribution in [-0.2, 0) is 9.53 Å². The lowest BCUT2D eigenvalue weighted by Gasteiger charge is -2.17. The molecule has 1 atom stereocenters. The zero-order chi connectivity index (χ0) is 17.9. The van der Waals surface area contributed by atoms with Gasteiger partial charge in [0.1, 0.15) is 0 Å². The van der Waals surface area contributed by atoms with Crippen LogP contribution in [0, 0.1) is 27.7 Å². The molecule has 0 aromatic heterocycles. The highest BCUT2D eigenvalue weighted by molar-refractivity contribution is 5.98. The Hall–Kier alpha value is -2.62. The van der Waals surface area contributed by atoms with Crippen LogP contribution in [0.1, 0.15) is 39.5 Å². The Kier molecular flexibility index (Phi) is 5.39. The first-order valence-corrected chi connectivity index (χ1v) is 7.95.